The predicted molar refractivity (Wildman–Crippen MR) is 74.0 cm³/mol. The van der Waals surface area contributed by atoms with Crippen molar-refractivity contribution in [1.29, 1.82) is 0 Å². The van der Waals surface area contributed by atoms with Crippen molar-refractivity contribution in [2.24, 2.45) is 0 Å². The number of hydrogen-bond donors (Lipinski definition) is 1. The fraction of sp³-hybridized carbons (Fsp3) is 0.500. The van der Waals surface area contributed by atoms with Crippen LogP contribution < -0.4 is 10.1 Å². The van der Waals surface area contributed by atoms with Crippen molar-refractivity contribution in [2.75, 3.05) is 25.2 Å². The summed E-state index contributed by atoms with van der Waals surface area (Å²) in [6, 6.07) is 2.63. The molecule has 2 rings (SSSR count). The number of sulfonamides is 1. The number of carbonyl (C=O) groups excluding carboxylic acids is 1. The van der Waals surface area contributed by atoms with Crippen LogP contribution in [0.2, 0.25) is 0 Å². The average Bonchev–Trinajstić information content (AvgIpc) is 2.89. The smallest absolute Gasteiger partial charge is 0.242 e. The summed E-state index contributed by atoms with van der Waals surface area (Å²) in [6.07, 6.45) is 3.80. The fourth-order valence-corrected chi connectivity index (χ4v) is 3.32. The minimum absolute atomic E-state index is 0.333. The van der Waals surface area contributed by atoms with Gasteiger partial charge in [0.25, 0.3) is 0 Å². The SMILES string of the molecule is COc1ccc(NC(=O)[C@@H]2CCCN2S(C)(=O)=O)cn1. The van der Waals surface area contributed by atoms with Gasteiger partial charge in [0.1, 0.15) is 6.04 Å². The summed E-state index contributed by atoms with van der Waals surface area (Å²) >= 11 is 0. The molecule has 20 heavy (non-hydrogen) atoms. The molecular formula is C12H17N3O4S. The molecule has 7 nitrogen and oxygen atoms in total. The Labute approximate surface area is 118 Å². The van der Waals surface area contributed by atoms with E-state index in [2.05, 4.69) is 10.3 Å². The molecule has 0 bridgehead atoms. The number of carbonyl (C=O) groups is 1. The highest BCUT2D eigenvalue weighted by atomic mass is 32.2. The van der Waals surface area contributed by atoms with Gasteiger partial charge in [-0.1, -0.05) is 0 Å². The first-order valence-corrected chi connectivity index (χ1v) is 8.04. The summed E-state index contributed by atoms with van der Waals surface area (Å²) in [5, 5.41) is 2.67. The molecule has 1 aliphatic heterocycles. The van der Waals surface area contributed by atoms with E-state index in [1.54, 1.807) is 12.1 Å². The van der Waals surface area contributed by atoms with Crippen LogP contribution in [0.4, 0.5) is 5.69 Å². The van der Waals surface area contributed by atoms with Crippen LogP contribution >= 0.6 is 0 Å². The second-order valence-corrected chi connectivity index (χ2v) is 6.55. The lowest BCUT2D eigenvalue weighted by Gasteiger charge is -2.21. The van der Waals surface area contributed by atoms with Crippen molar-refractivity contribution in [3.63, 3.8) is 0 Å². The van der Waals surface area contributed by atoms with E-state index in [4.69, 9.17) is 4.74 Å². The van der Waals surface area contributed by atoms with Gasteiger partial charge in [0.15, 0.2) is 0 Å². The molecule has 1 N–H and O–H groups in total. The van der Waals surface area contributed by atoms with Crippen LogP contribution in [0.1, 0.15) is 12.8 Å². The van der Waals surface area contributed by atoms with Crippen LogP contribution in [0.15, 0.2) is 18.3 Å². The molecule has 8 heteroatoms. The molecule has 0 spiro atoms. The molecule has 1 amide bonds. The van der Waals surface area contributed by atoms with Crippen LogP contribution in [-0.2, 0) is 14.8 Å². The zero-order chi connectivity index (χ0) is 14.8. The molecule has 2 heterocycles. The average molecular weight is 299 g/mol. The maximum absolute atomic E-state index is 12.2. The largest absolute Gasteiger partial charge is 0.481 e. The van der Waals surface area contributed by atoms with Gasteiger partial charge in [0.2, 0.25) is 21.8 Å². The van der Waals surface area contributed by atoms with E-state index in [1.165, 1.54) is 17.6 Å². The second-order valence-electron chi connectivity index (χ2n) is 4.61. The van der Waals surface area contributed by atoms with Crippen molar-refractivity contribution in [2.45, 2.75) is 18.9 Å². The van der Waals surface area contributed by atoms with Crippen molar-refractivity contribution in [1.82, 2.24) is 9.29 Å². The van der Waals surface area contributed by atoms with Gasteiger partial charge in [-0.15, -0.1) is 0 Å². The lowest BCUT2D eigenvalue weighted by Crippen LogP contribution is -2.42. The molecule has 0 unspecified atom stereocenters. The topological polar surface area (TPSA) is 88.6 Å². The van der Waals surface area contributed by atoms with Gasteiger partial charge in [-0.2, -0.15) is 4.31 Å². The zero-order valence-electron chi connectivity index (χ0n) is 11.4. The first kappa shape index (κ1) is 14.7. The quantitative estimate of drug-likeness (QED) is 0.872. The van der Waals surface area contributed by atoms with E-state index >= 15 is 0 Å². The third kappa shape index (κ3) is 3.26. The molecule has 1 aromatic rings. The number of anilines is 1. The van der Waals surface area contributed by atoms with E-state index in [0.717, 1.165) is 6.26 Å². The summed E-state index contributed by atoms with van der Waals surface area (Å²) in [6.45, 7) is 0.387. The van der Waals surface area contributed by atoms with E-state index in [0.29, 0.717) is 31.0 Å². The lowest BCUT2D eigenvalue weighted by atomic mass is 10.2. The Balaban J connectivity index is 2.07. The molecule has 1 fully saturated rings. The number of nitrogens with zero attached hydrogens (tertiary/aromatic N) is 2. The normalized spacial score (nSPS) is 19.8. The van der Waals surface area contributed by atoms with Gasteiger partial charge >= 0.3 is 0 Å². The Morgan fingerprint density at radius 3 is 2.80 bits per heavy atom. The summed E-state index contributed by atoms with van der Waals surface area (Å²) in [5.41, 5.74) is 0.510. The van der Waals surface area contributed by atoms with E-state index < -0.39 is 16.1 Å². The Morgan fingerprint density at radius 1 is 1.50 bits per heavy atom. The number of rotatable bonds is 4. The van der Waals surface area contributed by atoms with Crippen molar-refractivity contribution in [3.05, 3.63) is 18.3 Å². The van der Waals surface area contributed by atoms with Crippen molar-refractivity contribution in [3.8, 4) is 5.88 Å². The third-order valence-corrected chi connectivity index (χ3v) is 4.43. The van der Waals surface area contributed by atoms with Gasteiger partial charge in [0, 0.05) is 12.6 Å². The number of methoxy groups -OCH3 is 1. The Kier molecular flexibility index (Phi) is 4.24. The number of ether oxygens (including phenoxy) is 1. The van der Waals surface area contributed by atoms with Gasteiger partial charge in [-0.05, 0) is 18.9 Å². The monoisotopic (exact) mass is 299 g/mol. The molecule has 0 radical (unpaired) electrons. The standard InChI is InChI=1S/C12H17N3O4S/c1-19-11-6-5-9(8-13-11)14-12(16)10-4-3-7-15(10)20(2,17)18/h5-6,8,10H,3-4,7H2,1-2H3,(H,14,16)/t10-/m0/s1. The number of nitrogens with one attached hydrogen (secondary N) is 1. The molecule has 1 aliphatic rings. The molecular weight excluding hydrogens is 282 g/mol. The maximum atomic E-state index is 12.2. The fourth-order valence-electron chi connectivity index (χ4n) is 2.20. The van der Waals surface area contributed by atoms with Crippen LogP contribution in [0.3, 0.4) is 0 Å². The highest BCUT2D eigenvalue weighted by Gasteiger charge is 2.36. The number of amides is 1. The first-order chi connectivity index (χ1) is 9.41. The van der Waals surface area contributed by atoms with Crippen LogP contribution in [0.25, 0.3) is 0 Å². The highest BCUT2D eigenvalue weighted by Crippen LogP contribution is 2.22. The first-order valence-electron chi connectivity index (χ1n) is 6.19. The number of pyridine rings is 1. The number of aromatic nitrogens is 1. The summed E-state index contributed by atoms with van der Waals surface area (Å²) in [4.78, 5) is 16.1. The molecule has 0 saturated carbocycles. The minimum Gasteiger partial charge on any atom is -0.481 e. The van der Waals surface area contributed by atoms with Gasteiger partial charge in [-0.3, -0.25) is 4.79 Å². The Morgan fingerprint density at radius 2 is 2.25 bits per heavy atom. The molecule has 110 valence electrons. The van der Waals surface area contributed by atoms with Gasteiger partial charge in [-0.25, -0.2) is 13.4 Å². The summed E-state index contributed by atoms with van der Waals surface area (Å²) in [7, 11) is -1.86. The van der Waals surface area contributed by atoms with Gasteiger partial charge in [0.05, 0.1) is 25.2 Å². The van der Waals surface area contributed by atoms with Gasteiger partial charge < -0.3 is 10.1 Å². The lowest BCUT2D eigenvalue weighted by molar-refractivity contribution is -0.119. The molecule has 1 aromatic heterocycles. The Bertz CT molecular complexity index is 585. The Hall–Kier alpha value is -1.67. The summed E-state index contributed by atoms with van der Waals surface area (Å²) in [5.74, 6) is 0.113. The van der Waals surface area contributed by atoms with Crippen LogP contribution in [-0.4, -0.2) is 49.6 Å². The van der Waals surface area contributed by atoms with Crippen LogP contribution in [0.5, 0.6) is 5.88 Å². The predicted octanol–water partition coefficient (Wildman–Crippen LogP) is 0.453. The molecule has 1 saturated heterocycles. The minimum atomic E-state index is -3.36. The second kappa shape index (κ2) is 5.76. The highest BCUT2D eigenvalue weighted by molar-refractivity contribution is 7.88. The molecule has 0 aromatic carbocycles. The van der Waals surface area contributed by atoms with Crippen molar-refractivity contribution >= 4 is 21.6 Å². The van der Waals surface area contributed by atoms with E-state index in [-0.39, 0.29) is 5.91 Å². The number of hydrogen-bond acceptors (Lipinski definition) is 5. The van der Waals surface area contributed by atoms with Crippen LogP contribution in [0, 0.1) is 0 Å². The third-order valence-electron chi connectivity index (χ3n) is 3.15. The van der Waals surface area contributed by atoms with Crippen molar-refractivity contribution < 1.29 is 17.9 Å². The molecule has 1 atom stereocenters. The maximum Gasteiger partial charge on any atom is 0.242 e. The summed E-state index contributed by atoms with van der Waals surface area (Å²) < 4.78 is 29.4. The van der Waals surface area contributed by atoms with E-state index in [9.17, 15) is 13.2 Å². The van der Waals surface area contributed by atoms with E-state index in [1.807, 2.05) is 0 Å². The zero-order valence-corrected chi connectivity index (χ0v) is 12.2. The molecule has 0 aliphatic carbocycles.